The topological polar surface area (TPSA) is 123 Å². The van der Waals surface area contributed by atoms with Gasteiger partial charge in [-0.3, -0.25) is 14.4 Å². The van der Waals surface area contributed by atoms with Gasteiger partial charge in [-0.05, 0) is 35.9 Å². The van der Waals surface area contributed by atoms with E-state index in [0.29, 0.717) is 22.0 Å². The summed E-state index contributed by atoms with van der Waals surface area (Å²) in [6, 6.07) is 14.9. The molecule has 138 valence electrons. The van der Waals surface area contributed by atoms with Gasteiger partial charge in [0.05, 0.1) is 11.6 Å². The van der Waals surface area contributed by atoms with Crippen molar-refractivity contribution in [1.29, 1.82) is 5.26 Å². The molecule has 0 fully saturated rings. The molecule has 2 aromatic carbocycles. The van der Waals surface area contributed by atoms with Gasteiger partial charge in [0.15, 0.2) is 5.78 Å². The predicted molar refractivity (Wildman–Crippen MR) is 104 cm³/mol. The third kappa shape index (κ3) is 3.81. The van der Waals surface area contributed by atoms with Crippen molar-refractivity contribution in [3.05, 3.63) is 81.7 Å². The van der Waals surface area contributed by atoms with Crippen LogP contribution in [-0.2, 0) is 0 Å². The number of hydrogen-bond acceptors (Lipinski definition) is 5. The number of pyridine rings is 1. The number of rotatable bonds is 5. The van der Waals surface area contributed by atoms with E-state index < -0.39 is 17.2 Å². The molecule has 0 spiro atoms. The van der Waals surface area contributed by atoms with Crippen molar-refractivity contribution in [3.63, 3.8) is 0 Å². The maximum atomic E-state index is 12.5. The summed E-state index contributed by atoms with van der Waals surface area (Å²) in [7, 11) is 0. The van der Waals surface area contributed by atoms with E-state index in [1.54, 1.807) is 48.5 Å². The Kier molecular flexibility index (Phi) is 5.33. The third-order valence-electron chi connectivity index (χ3n) is 4.04. The number of para-hydroxylation sites is 1. The molecule has 1 aromatic heterocycles. The van der Waals surface area contributed by atoms with E-state index in [-0.39, 0.29) is 17.9 Å². The van der Waals surface area contributed by atoms with E-state index in [2.05, 4.69) is 10.3 Å². The van der Waals surface area contributed by atoms with Gasteiger partial charge in [0.25, 0.3) is 11.5 Å². The zero-order valence-corrected chi connectivity index (χ0v) is 14.6. The van der Waals surface area contributed by atoms with Crippen molar-refractivity contribution in [1.82, 2.24) is 10.3 Å². The summed E-state index contributed by atoms with van der Waals surface area (Å²) >= 11 is 0. The number of H-pyrrole nitrogens is 1. The molecule has 0 saturated carbocycles. The van der Waals surface area contributed by atoms with Crippen LogP contribution in [0.15, 0.2) is 59.4 Å². The molecule has 28 heavy (non-hydrogen) atoms. The van der Waals surface area contributed by atoms with E-state index in [1.807, 2.05) is 6.07 Å². The Morgan fingerprint density at radius 3 is 2.75 bits per heavy atom. The van der Waals surface area contributed by atoms with Crippen molar-refractivity contribution >= 4 is 28.7 Å². The normalized spacial score (nSPS) is 10.7. The third-order valence-corrected chi connectivity index (χ3v) is 4.04. The Balaban J connectivity index is 1.89. The van der Waals surface area contributed by atoms with E-state index in [4.69, 9.17) is 5.26 Å². The molecule has 0 bridgehead atoms. The number of carbonyl (C=O) groups is 2. The summed E-state index contributed by atoms with van der Waals surface area (Å²) in [5.41, 5.74) is 0.279. The number of amides is 1. The minimum atomic E-state index is -0.685. The van der Waals surface area contributed by atoms with Crippen LogP contribution in [0.3, 0.4) is 0 Å². The number of nitrogens with zero attached hydrogens (tertiary/aromatic N) is 1. The maximum absolute atomic E-state index is 12.5. The van der Waals surface area contributed by atoms with Crippen LogP contribution in [0.25, 0.3) is 17.0 Å². The summed E-state index contributed by atoms with van der Waals surface area (Å²) in [6.45, 7) is -0.110. The van der Waals surface area contributed by atoms with Gasteiger partial charge in [-0.1, -0.05) is 30.3 Å². The molecule has 3 rings (SSSR count). The first-order valence-electron chi connectivity index (χ1n) is 8.33. The molecule has 0 aliphatic carbocycles. The highest BCUT2D eigenvalue weighted by molar-refractivity contribution is 6.11. The average molecular weight is 373 g/mol. The van der Waals surface area contributed by atoms with Crippen LogP contribution in [-0.4, -0.2) is 28.3 Å². The fraction of sp³-hybridized carbons (Fsp3) is 0.0476. The first-order chi connectivity index (χ1) is 13.5. The van der Waals surface area contributed by atoms with Crippen LogP contribution in [0.4, 0.5) is 0 Å². The van der Waals surface area contributed by atoms with E-state index in [9.17, 15) is 19.5 Å². The molecule has 0 radical (unpaired) electrons. The molecule has 1 amide bonds. The Hall–Kier alpha value is -4.18. The summed E-state index contributed by atoms with van der Waals surface area (Å²) in [5, 5.41) is 21.7. The number of nitrogens with one attached hydrogen (secondary N) is 2. The Morgan fingerprint density at radius 1 is 1.18 bits per heavy atom. The number of aromatic nitrogens is 1. The first kappa shape index (κ1) is 18.6. The second-order valence-corrected chi connectivity index (χ2v) is 5.89. The lowest BCUT2D eigenvalue weighted by Crippen LogP contribution is -2.23. The van der Waals surface area contributed by atoms with Gasteiger partial charge in [0.1, 0.15) is 17.9 Å². The van der Waals surface area contributed by atoms with Crippen LogP contribution >= 0.6 is 0 Å². The molecule has 0 atom stereocenters. The summed E-state index contributed by atoms with van der Waals surface area (Å²) in [4.78, 5) is 39.2. The van der Waals surface area contributed by atoms with Crippen LogP contribution in [0, 0.1) is 11.3 Å². The van der Waals surface area contributed by atoms with Gasteiger partial charge in [-0.15, -0.1) is 0 Å². The molecule has 0 aliphatic heterocycles. The lowest BCUT2D eigenvalue weighted by Gasteiger charge is -2.05. The standard InChI is InChI=1S/C21H15N3O4/c22-10-11-23-20(27)14-5-3-4-13(12-14)8-9-17(25)18-19(26)15-6-1-2-7-16(15)24-21(18)28/h1-9,12H,11H2,(H,23,27)(H2,24,26,28)/b9-8+. The SMILES string of the molecule is N#CCNC(=O)c1cccc(/C=C/C(=O)c2c(O)c3ccccc3[nH]c2=O)c1. The summed E-state index contributed by atoms with van der Waals surface area (Å²) in [5.74, 6) is -1.45. The highest BCUT2D eigenvalue weighted by Gasteiger charge is 2.16. The minimum Gasteiger partial charge on any atom is -0.506 e. The maximum Gasteiger partial charge on any atom is 0.263 e. The quantitative estimate of drug-likeness (QED) is 0.360. The molecule has 0 aliphatic rings. The highest BCUT2D eigenvalue weighted by atomic mass is 16.3. The number of ketones is 1. The lowest BCUT2D eigenvalue weighted by molar-refractivity contribution is 0.0957. The second-order valence-electron chi connectivity index (χ2n) is 5.89. The van der Waals surface area contributed by atoms with Crippen molar-refractivity contribution in [2.45, 2.75) is 0 Å². The van der Waals surface area contributed by atoms with Gasteiger partial charge in [-0.25, -0.2) is 0 Å². The van der Waals surface area contributed by atoms with Crippen LogP contribution in [0.5, 0.6) is 5.75 Å². The highest BCUT2D eigenvalue weighted by Crippen LogP contribution is 2.25. The number of aromatic amines is 1. The van der Waals surface area contributed by atoms with Gasteiger partial charge in [0, 0.05) is 10.9 Å². The largest absolute Gasteiger partial charge is 0.506 e. The van der Waals surface area contributed by atoms with Crippen molar-refractivity contribution < 1.29 is 14.7 Å². The number of hydrogen-bond donors (Lipinski definition) is 3. The monoisotopic (exact) mass is 373 g/mol. The second kappa shape index (κ2) is 8.01. The summed E-state index contributed by atoms with van der Waals surface area (Å²) in [6.07, 6.45) is 2.60. The van der Waals surface area contributed by atoms with Crippen LogP contribution in [0.1, 0.15) is 26.3 Å². The molecule has 0 unspecified atom stereocenters. The molecule has 7 nitrogen and oxygen atoms in total. The Bertz CT molecular complexity index is 1200. The molecule has 3 aromatic rings. The fourth-order valence-corrected chi connectivity index (χ4v) is 2.71. The van der Waals surface area contributed by atoms with E-state index in [1.165, 1.54) is 6.08 Å². The Morgan fingerprint density at radius 2 is 1.96 bits per heavy atom. The van der Waals surface area contributed by atoms with Crippen LogP contribution in [0.2, 0.25) is 0 Å². The number of aromatic hydroxyl groups is 1. The summed E-state index contributed by atoms with van der Waals surface area (Å²) < 4.78 is 0. The number of nitriles is 1. The lowest BCUT2D eigenvalue weighted by atomic mass is 10.1. The first-order valence-corrected chi connectivity index (χ1v) is 8.33. The molecule has 1 heterocycles. The van der Waals surface area contributed by atoms with Gasteiger partial charge < -0.3 is 15.4 Å². The number of benzene rings is 2. The zero-order chi connectivity index (χ0) is 20.1. The Labute approximate surface area is 159 Å². The minimum absolute atomic E-state index is 0.110. The molecule has 7 heteroatoms. The predicted octanol–water partition coefficient (Wildman–Crippen LogP) is 2.38. The van der Waals surface area contributed by atoms with Gasteiger partial charge in [-0.2, -0.15) is 5.26 Å². The molecule has 3 N–H and O–H groups in total. The van der Waals surface area contributed by atoms with E-state index in [0.717, 1.165) is 6.08 Å². The number of carbonyl (C=O) groups excluding carboxylic acids is 2. The molecule has 0 saturated heterocycles. The van der Waals surface area contributed by atoms with Crippen LogP contribution < -0.4 is 10.9 Å². The fourth-order valence-electron chi connectivity index (χ4n) is 2.71. The molecular formula is C21H15N3O4. The van der Waals surface area contributed by atoms with Gasteiger partial charge in [0.2, 0.25) is 0 Å². The van der Waals surface area contributed by atoms with Gasteiger partial charge >= 0.3 is 0 Å². The van der Waals surface area contributed by atoms with Crippen molar-refractivity contribution in [2.75, 3.05) is 6.54 Å². The number of fused-ring (bicyclic) bond motifs is 1. The van der Waals surface area contributed by atoms with Crippen molar-refractivity contribution in [2.24, 2.45) is 0 Å². The van der Waals surface area contributed by atoms with E-state index >= 15 is 0 Å². The smallest absolute Gasteiger partial charge is 0.263 e. The zero-order valence-electron chi connectivity index (χ0n) is 14.6. The average Bonchev–Trinajstić information content (AvgIpc) is 2.70. The molecular weight excluding hydrogens is 358 g/mol. The number of allylic oxidation sites excluding steroid dienone is 1. The van der Waals surface area contributed by atoms with Crippen molar-refractivity contribution in [3.8, 4) is 11.8 Å².